The number of hydrogen-bond acceptors (Lipinski definition) is 3. The van der Waals surface area contributed by atoms with Crippen molar-refractivity contribution in [3.63, 3.8) is 0 Å². The molecular formula is C22H20N2O2S. The molecule has 2 amide bonds. The van der Waals surface area contributed by atoms with Crippen molar-refractivity contribution in [2.24, 2.45) is 0 Å². The second-order valence-electron chi connectivity index (χ2n) is 6.12. The van der Waals surface area contributed by atoms with Crippen molar-refractivity contribution in [2.45, 2.75) is 13.8 Å². The van der Waals surface area contributed by atoms with Gasteiger partial charge >= 0.3 is 0 Å². The number of benzene rings is 2. The largest absolute Gasteiger partial charge is 0.325 e. The Morgan fingerprint density at radius 2 is 1.70 bits per heavy atom. The number of rotatable bonds is 5. The molecule has 0 radical (unpaired) electrons. The van der Waals surface area contributed by atoms with Gasteiger partial charge in [0.15, 0.2) is 0 Å². The van der Waals surface area contributed by atoms with Crippen molar-refractivity contribution in [3.05, 3.63) is 77.2 Å². The molecule has 0 fully saturated rings. The Kier molecular flexibility index (Phi) is 5.84. The normalized spacial score (nSPS) is 10.7. The minimum atomic E-state index is -0.248. The average Bonchev–Trinajstić information content (AvgIpc) is 3.12. The van der Waals surface area contributed by atoms with E-state index in [-0.39, 0.29) is 11.8 Å². The molecule has 4 nitrogen and oxygen atoms in total. The number of nitrogens with one attached hydrogen (secondary N) is 2. The highest BCUT2D eigenvalue weighted by Crippen LogP contribution is 2.28. The summed E-state index contributed by atoms with van der Waals surface area (Å²) >= 11 is 1.62. The number of carbonyl (C=O) groups excluding carboxylic acids is 2. The second kappa shape index (κ2) is 8.47. The summed E-state index contributed by atoms with van der Waals surface area (Å²) in [6, 6.07) is 19.7. The number of carbonyl (C=O) groups is 2. The van der Waals surface area contributed by atoms with Crippen molar-refractivity contribution in [2.75, 3.05) is 10.6 Å². The summed E-state index contributed by atoms with van der Waals surface area (Å²) < 4.78 is 0. The van der Waals surface area contributed by atoms with Gasteiger partial charge in [-0.1, -0.05) is 36.4 Å². The van der Waals surface area contributed by atoms with Crippen molar-refractivity contribution in [1.82, 2.24) is 0 Å². The Morgan fingerprint density at radius 1 is 0.926 bits per heavy atom. The van der Waals surface area contributed by atoms with Crippen LogP contribution < -0.4 is 10.6 Å². The van der Waals surface area contributed by atoms with Crippen molar-refractivity contribution >= 4 is 40.6 Å². The van der Waals surface area contributed by atoms with Gasteiger partial charge in [-0.3, -0.25) is 9.59 Å². The first-order chi connectivity index (χ1) is 13.0. The summed E-state index contributed by atoms with van der Waals surface area (Å²) in [6.07, 6.45) is 3.29. The minimum absolute atomic E-state index is 0.183. The summed E-state index contributed by atoms with van der Waals surface area (Å²) in [5.41, 5.74) is 3.31. The molecule has 0 bridgehead atoms. The number of amides is 2. The van der Waals surface area contributed by atoms with Crippen LogP contribution in [0, 0.1) is 6.92 Å². The van der Waals surface area contributed by atoms with Crippen LogP contribution in [0.2, 0.25) is 0 Å². The zero-order valence-corrected chi connectivity index (χ0v) is 16.0. The fourth-order valence-corrected chi connectivity index (χ4v) is 3.51. The fraction of sp³-hybridized carbons (Fsp3) is 0.0909. The molecule has 5 heteroatoms. The monoisotopic (exact) mass is 376 g/mol. The molecule has 0 aliphatic heterocycles. The molecule has 0 saturated heterocycles. The standard InChI is InChI=1S/C22H20N2O2S/c1-15-8-11-19(23-16(2)25)20(14-15)24-22(26)13-10-18-9-12-21(27-18)17-6-4-3-5-7-17/h3-14H,1-2H3,(H,23,25)(H,24,26)/b13-10+. The van der Waals surface area contributed by atoms with Gasteiger partial charge in [-0.25, -0.2) is 0 Å². The van der Waals surface area contributed by atoms with Crippen LogP contribution in [-0.4, -0.2) is 11.8 Å². The third-order valence-corrected chi connectivity index (χ3v) is 4.93. The highest BCUT2D eigenvalue weighted by molar-refractivity contribution is 7.16. The van der Waals surface area contributed by atoms with Crippen LogP contribution in [0.4, 0.5) is 11.4 Å². The van der Waals surface area contributed by atoms with Gasteiger partial charge in [0.2, 0.25) is 11.8 Å². The zero-order chi connectivity index (χ0) is 19.2. The second-order valence-corrected chi connectivity index (χ2v) is 7.24. The molecule has 2 aromatic carbocycles. The Hall–Kier alpha value is -3.18. The Balaban J connectivity index is 1.70. The Bertz CT molecular complexity index is 991. The third kappa shape index (κ3) is 5.15. The van der Waals surface area contributed by atoms with Crippen molar-refractivity contribution < 1.29 is 9.59 Å². The number of hydrogen-bond donors (Lipinski definition) is 2. The van der Waals surface area contributed by atoms with E-state index in [0.717, 1.165) is 20.9 Å². The van der Waals surface area contributed by atoms with Crippen LogP contribution in [0.25, 0.3) is 16.5 Å². The lowest BCUT2D eigenvalue weighted by Gasteiger charge is -2.11. The molecule has 27 heavy (non-hydrogen) atoms. The summed E-state index contributed by atoms with van der Waals surface area (Å²) in [4.78, 5) is 25.8. The first-order valence-electron chi connectivity index (χ1n) is 8.54. The molecule has 0 spiro atoms. The first kappa shape index (κ1) is 18.6. The maximum atomic E-state index is 12.3. The molecule has 3 aromatic rings. The van der Waals surface area contributed by atoms with E-state index >= 15 is 0 Å². The van der Waals surface area contributed by atoms with Crippen molar-refractivity contribution in [1.29, 1.82) is 0 Å². The molecule has 1 aromatic heterocycles. The lowest BCUT2D eigenvalue weighted by Crippen LogP contribution is -2.13. The highest BCUT2D eigenvalue weighted by atomic mass is 32.1. The van der Waals surface area contributed by atoms with Crippen LogP contribution in [0.15, 0.2) is 66.7 Å². The van der Waals surface area contributed by atoms with Gasteiger partial charge in [0.25, 0.3) is 0 Å². The van der Waals surface area contributed by atoms with E-state index in [1.807, 2.05) is 49.4 Å². The van der Waals surface area contributed by atoms with E-state index in [0.29, 0.717) is 11.4 Å². The SMILES string of the molecule is CC(=O)Nc1ccc(C)cc1NC(=O)/C=C/c1ccc(-c2ccccc2)s1. The third-order valence-electron chi connectivity index (χ3n) is 3.83. The molecular weight excluding hydrogens is 356 g/mol. The average molecular weight is 376 g/mol. The predicted molar refractivity (Wildman–Crippen MR) is 113 cm³/mol. The molecule has 0 unspecified atom stereocenters. The molecule has 0 aliphatic rings. The lowest BCUT2D eigenvalue weighted by atomic mass is 10.2. The number of aryl methyl sites for hydroxylation is 1. The van der Waals surface area contributed by atoms with Crippen molar-refractivity contribution in [3.8, 4) is 10.4 Å². The molecule has 2 N–H and O–H groups in total. The van der Waals surface area contributed by atoms with Gasteiger partial charge in [-0.05, 0) is 48.4 Å². The molecule has 0 saturated carbocycles. The van der Waals surface area contributed by atoms with E-state index in [1.54, 1.807) is 23.5 Å². The van der Waals surface area contributed by atoms with E-state index in [9.17, 15) is 9.59 Å². The molecule has 0 atom stereocenters. The Labute approximate surface area is 162 Å². The van der Waals surface area contributed by atoms with E-state index in [1.165, 1.54) is 13.0 Å². The first-order valence-corrected chi connectivity index (χ1v) is 9.35. The van der Waals surface area contributed by atoms with E-state index in [4.69, 9.17) is 0 Å². The summed E-state index contributed by atoms with van der Waals surface area (Å²) in [5, 5.41) is 5.56. The quantitative estimate of drug-likeness (QED) is 0.591. The topological polar surface area (TPSA) is 58.2 Å². The lowest BCUT2D eigenvalue weighted by molar-refractivity contribution is -0.114. The fourth-order valence-electron chi connectivity index (χ4n) is 2.59. The van der Waals surface area contributed by atoms with Crippen LogP contribution in [0.3, 0.4) is 0 Å². The van der Waals surface area contributed by atoms with Crippen LogP contribution >= 0.6 is 11.3 Å². The number of anilines is 2. The summed E-state index contributed by atoms with van der Waals surface area (Å²) in [6.45, 7) is 3.37. The summed E-state index contributed by atoms with van der Waals surface area (Å²) in [7, 11) is 0. The smallest absolute Gasteiger partial charge is 0.248 e. The maximum absolute atomic E-state index is 12.3. The molecule has 136 valence electrons. The molecule has 3 rings (SSSR count). The van der Waals surface area contributed by atoms with Crippen LogP contribution in [0.5, 0.6) is 0 Å². The van der Waals surface area contributed by atoms with Crippen LogP contribution in [0.1, 0.15) is 17.4 Å². The van der Waals surface area contributed by atoms with Gasteiger partial charge < -0.3 is 10.6 Å². The van der Waals surface area contributed by atoms with Gasteiger partial charge in [-0.2, -0.15) is 0 Å². The Morgan fingerprint density at radius 3 is 2.44 bits per heavy atom. The van der Waals surface area contributed by atoms with Gasteiger partial charge in [0.1, 0.15) is 0 Å². The molecule has 1 heterocycles. The predicted octanol–water partition coefficient (Wildman–Crippen LogP) is 5.33. The summed E-state index contributed by atoms with van der Waals surface area (Å²) in [5.74, 6) is -0.432. The highest BCUT2D eigenvalue weighted by Gasteiger charge is 2.07. The zero-order valence-electron chi connectivity index (χ0n) is 15.2. The van der Waals surface area contributed by atoms with E-state index in [2.05, 4.69) is 22.8 Å². The van der Waals surface area contributed by atoms with Gasteiger partial charge in [0, 0.05) is 22.8 Å². The van der Waals surface area contributed by atoms with E-state index < -0.39 is 0 Å². The van der Waals surface area contributed by atoms with Crippen LogP contribution in [-0.2, 0) is 9.59 Å². The molecule has 0 aliphatic carbocycles. The van der Waals surface area contributed by atoms with Gasteiger partial charge in [-0.15, -0.1) is 11.3 Å². The van der Waals surface area contributed by atoms with Gasteiger partial charge in [0.05, 0.1) is 11.4 Å². The minimum Gasteiger partial charge on any atom is -0.325 e. The number of thiophene rings is 1. The maximum Gasteiger partial charge on any atom is 0.248 e.